The van der Waals surface area contributed by atoms with E-state index >= 15 is 0 Å². The van der Waals surface area contributed by atoms with Gasteiger partial charge in [-0.15, -0.1) is 0 Å². The third kappa shape index (κ3) is 3.38. The first-order valence-corrected chi connectivity index (χ1v) is 6.70. The van der Waals surface area contributed by atoms with Gasteiger partial charge in [0.25, 0.3) is 0 Å². The largest absolute Gasteiger partial charge is 0.229 e. The smallest absolute Gasteiger partial charge is 0.154 e. The van der Waals surface area contributed by atoms with Crippen LogP contribution < -0.4 is 0 Å². The minimum absolute atomic E-state index is 0.0706. The van der Waals surface area contributed by atoms with Crippen LogP contribution in [0, 0.1) is 5.82 Å². The van der Waals surface area contributed by atoms with Crippen LogP contribution in [0.5, 0.6) is 0 Å². The van der Waals surface area contributed by atoms with Crippen molar-refractivity contribution >= 4 is 25.8 Å². The van der Waals surface area contributed by atoms with Crippen molar-refractivity contribution in [2.24, 2.45) is 0 Å². The lowest BCUT2D eigenvalue weighted by atomic mass is 10.2. The first-order valence-electron chi connectivity index (χ1n) is 4.08. The molecule has 0 atom stereocenters. The molecule has 0 amide bonds. The highest BCUT2D eigenvalue weighted by Gasteiger charge is 2.10. The highest BCUT2D eigenvalue weighted by molar-refractivity contribution is 9.10. The van der Waals surface area contributed by atoms with Crippen LogP contribution in [0.3, 0.4) is 0 Å². The molecule has 0 saturated carbocycles. The predicted molar refractivity (Wildman–Crippen MR) is 57.3 cm³/mol. The maximum absolute atomic E-state index is 12.9. The summed E-state index contributed by atoms with van der Waals surface area (Å²) in [7, 11) is -3.09. The highest BCUT2D eigenvalue weighted by atomic mass is 79.9. The maximum Gasteiger partial charge on any atom is 0.154 e. The topological polar surface area (TPSA) is 34.1 Å². The predicted octanol–water partition coefficient (Wildman–Crippen LogP) is 2.52. The fraction of sp³-hybridized carbons (Fsp3) is 0.333. The third-order valence-electron chi connectivity index (χ3n) is 1.75. The molecule has 1 aromatic carbocycles. The Kier molecular flexibility index (Phi) is 3.66. The van der Waals surface area contributed by atoms with Gasteiger partial charge in [-0.3, -0.25) is 0 Å². The van der Waals surface area contributed by atoms with Crippen molar-refractivity contribution in [3.8, 4) is 0 Å². The van der Waals surface area contributed by atoms with Gasteiger partial charge < -0.3 is 0 Å². The number of halogens is 2. The summed E-state index contributed by atoms with van der Waals surface area (Å²) in [6.45, 7) is 1.57. The van der Waals surface area contributed by atoms with Crippen LogP contribution in [0.2, 0.25) is 0 Å². The SMILES string of the molecule is CCS(=O)(=O)Cc1cc(F)cc(Br)c1. The van der Waals surface area contributed by atoms with Crippen LogP contribution in [0.15, 0.2) is 22.7 Å². The molecule has 0 fully saturated rings. The Morgan fingerprint density at radius 2 is 2.00 bits per heavy atom. The minimum atomic E-state index is -3.09. The van der Waals surface area contributed by atoms with Gasteiger partial charge in [-0.1, -0.05) is 22.9 Å². The van der Waals surface area contributed by atoms with Crippen molar-refractivity contribution in [3.63, 3.8) is 0 Å². The third-order valence-corrected chi connectivity index (χ3v) is 3.86. The Bertz CT molecular complexity index is 408. The summed E-state index contributed by atoms with van der Waals surface area (Å²) in [5, 5.41) is 0. The number of benzene rings is 1. The number of hydrogen-bond donors (Lipinski definition) is 0. The summed E-state index contributed by atoms with van der Waals surface area (Å²) >= 11 is 3.11. The number of hydrogen-bond acceptors (Lipinski definition) is 2. The second-order valence-electron chi connectivity index (χ2n) is 2.95. The standard InChI is InChI=1S/C9H10BrFO2S/c1-2-14(12,13)6-7-3-8(10)5-9(11)4-7/h3-5H,2,6H2,1H3. The molecule has 0 saturated heterocycles. The molecular weight excluding hydrogens is 271 g/mol. The van der Waals surface area contributed by atoms with Gasteiger partial charge in [0, 0.05) is 10.2 Å². The van der Waals surface area contributed by atoms with E-state index in [1.807, 2.05) is 0 Å². The molecule has 0 heterocycles. The van der Waals surface area contributed by atoms with E-state index in [1.165, 1.54) is 12.1 Å². The first kappa shape index (κ1) is 11.7. The van der Waals surface area contributed by atoms with Crippen molar-refractivity contribution in [2.75, 3.05) is 5.75 Å². The van der Waals surface area contributed by atoms with Gasteiger partial charge >= 0.3 is 0 Å². The van der Waals surface area contributed by atoms with E-state index in [0.29, 0.717) is 10.0 Å². The minimum Gasteiger partial charge on any atom is -0.229 e. The van der Waals surface area contributed by atoms with Gasteiger partial charge in [0.2, 0.25) is 0 Å². The average Bonchev–Trinajstić information content (AvgIpc) is 2.01. The van der Waals surface area contributed by atoms with Gasteiger partial charge in [-0.05, 0) is 23.8 Å². The van der Waals surface area contributed by atoms with Gasteiger partial charge in [-0.2, -0.15) is 0 Å². The summed E-state index contributed by atoms with van der Waals surface area (Å²) < 4.78 is 35.9. The molecule has 1 aromatic rings. The number of rotatable bonds is 3. The van der Waals surface area contributed by atoms with Crippen LogP contribution in [-0.4, -0.2) is 14.2 Å². The summed E-state index contributed by atoms with van der Waals surface area (Å²) in [4.78, 5) is 0. The second-order valence-corrected chi connectivity index (χ2v) is 6.22. The Labute approximate surface area is 91.2 Å². The van der Waals surface area contributed by atoms with Crippen molar-refractivity contribution < 1.29 is 12.8 Å². The molecule has 0 aliphatic heterocycles. The zero-order valence-corrected chi connectivity index (χ0v) is 10.0. The van der Waals surface area contributed by atoms with Crippen molar-refractivity contribution in [1.82, 2.24) is 0 Å². The van der Waals surface area contributed by atoms with E-state index < -0.39 is 15.7 Å². The zero-order valence-electron chi connectivity index (χ0n) is 7.63. The maximum atomic E-state index is 12.9. The lowest BCUT2D eigenvalue weighted by molar-refractivity contribution is 0.596. The molecule has 0 aromatic heterocycles. The second kappa shape index (κ2) is 4.40. The Hall–Kier alpha value is -0.420. The van der Waals surface area contributed by atoms with Crippen LogP contribution in [-0.2, 0) is 15.6 Å². The molecule has 2 nitrogen and oxygen atoms in total. The molecule has 14 heavy (non-hydrogen) atoms. The zero-order chi connectivity index (χ0) is 10.8. The van der Waals surface area contributed by atoms with E-state index in [4.69, 9.17) is 0 Å². The molecule has 5 heteroatoms. The molecule has 78 valence electrons. The van der Waals surface area contributed by atoms with E-state index in [2.05, 4.69) is 15.9 Å². The lowest BCUT2D eigenvalue weighted by Crippen LogP contribution is -2.06. The van der Waals surface area contributed by atoms with E-state index in [1.54, 1.807) is 13.0 Å². The van der Waals surface area contributed by atoms with E-state index in [-0.39, 0.29) is 11.5 Å². The molecule has 0 bridgehead atoms. The van der Waals surface area contributed by atoms with Crippen molar-refractivity contribution in [1.29, 1.82) is 0 Å². The lowest BCUT2D eigenvalue weighted by Gasteiger charge is -2.02. The molecule has 0 spiro atoms. The average molecular weight is 281 g/mol. The van der Waals surface area contributed by atoms with Gasteiger partial charge in [0.05, 0.1) is 5.75 Å². The fourth-order valence-corrected chi connectivity index (χ4v) is 2.44. The molecular formula is C9H10BrFO2S. The van der Waals surface area contributed by atoms with Gasteiger partial charge in [0.15, 0.2) is 9.84 Å². The Morgan fingerprint density at radius 1 is 1.36 bits per heavy atom. The van der Waals surface area contributed by atoms with Crippen molar-refractivity contribution in [2.45, 2.75) is 12.7 Å². The van der Waals surface area contributed by atoms with Crippen LogP contribution in [0.25, 0.3) is 0 Å². The molecule has 0 unspecified atom stereocenters. The summed E-state index contributed by atoms with van der Waals surface area (Å²) in [6, 6.07) is 4.14. The van der Waals surface area contributed by atoms with Crippen LogP contribution in [0.4, 0.5) is 4.39 Å². The van der Waals surface area contributed by atoms with Gasteiger partial charge in [0.1, 0.15) is 5.82 Å². The fourth-order valence-electron chi connectivity index (χ4n) is 1.05. The molecule has 0 N–H and O–H groups in total. The Morgan fingerprint density at radius 3 is 2.50 bits per heavy atom. The summed E-state index contributed by atoms with van der Waals surface area (Å²) in [6.07, 6.45) is 0. The molecule has 1 rings (SSSR count). The normalized spacial score (nSPS) is 11.6. The Balaban J connectivity index is 2.98. The van der Waals surface area contributed by atoms with Crippen molar-refractivity contribution in [3.05, 3.63) is 34.1 Å². The van der Waals surface area contributed by atoms with E-state index in [0.717, 1.165) is 0 Å². The first-order chi connectivity index (χ1) is 6.43. The quantitative estimate of drug-likeness (QED) is 0.853. The molecule has 0 aliphatic carbocycles. The van der Waals surface area contributed by atoms with Crippen LogP contribution in [0.1, 0.15) is 12.5 Å². The number of sulfone groups is 1. The summed E-state index contributed by atoms with van der Waals surface area (Å²) in [5.41, 5.74) is 0.471. The van der Waals surface area contributed by atoms with Crippen LogP contribution >= 0.6 is 15.9 Å². The van der Waals surface area contributed by atoms with Gasteiger partial charge in [-0.25, -0.2) is 12.8 Å². The molecule has 0 aliphatic rings. The van der Waals surface area contributed by atoms with E-state index in [9.17, 15) is 12.8 Å². The monoisotopic (exact) mass is 280 g/mol. The molecule has 0 radical (unpaired) electrons. The summed E-state index contributed by atoms with van der Waals surface area (Å²) in [5.74, 6) is -0.471. The highest BCUT2D eigenvalue weighted by Crippen LogP contribution is 2.16.